The standard InChI is InChI=1S/C23H29N3O5/c1-15(2)25-21(29)17-9-4-5-10-18(17)26-19(27)11-12-23(25,26)22(30)31-14-20(28)24-13-7-6-8-16(24)3/h4-5,9-10,15-16H,6-8,11-14H2,1-3H3/t16-,23-/m1/s1. The first-order valence-electron chi connectivity index (χ1n) is 11.0. The van der Waals surface area contributed by atoms with Gasteiger partial charge in [0.05, 0.1) is 11.3 Å². The Morgan fingerprint density at radius 3 is 2.65 bits per heavy atom. The lowest BCUT2D eigenvalue weighted by Gasteiger charge is -2.50. The Bertz CT molecular complexity index is 930. The smallest absolute Gasteiger partial charge is 0.354 e. The number of hydrogen-bond donors (Lipinski definition) is 0. The van der Waals surface area contributed by atoms with E-state index in [9.17, 15) is 19.2 Å². The molecule has 1 aromatic carbocycles. The number of anilines is 1. The second-order valence-electron chi connectivity index (χ2n) is 8.84. The predicted octanol–water partition coefficient (Wildman–Crippen LogP) is 2.32. The molecular weight excluding hydrogens is 398 g/mol. The molecule has 1 aromatic rings. The molecule has 2 fully saturated rings. The number of hydrogen-bond acceptors (Lipinski definition) is 5. The van der Waals surface area contributed by atoms with Gasteiger partial charge in [0.2, 0.25) is 11.6 Å². The molecule has 0 bridgehead atoms. The van der Waals surface area contributed by atoms with Crippen molar-refractivity contribution in [3.8, 4) is 0 Å². The minimum Gasteiger partial charge on any atom is -0.452 e. The first-order chi connectivity index (χ1) is 14.8. The topological polar surface area (TPSA) is 87.2 Å². The summed E-state index contributed by atoms with van der Waals surface area (Å²) in [5, 5.41) is 0. The molecule has 8 nitrogen and oxygen atoms in total. The molecule has 0 spiro atoms. The molecule has 31 heavy (non-hydrogen) atoms. The van der Waals surface area contributed by atoms with Crippen LogP contribution in [-0.4, -0.2) is 64.4 Å². The van der Waals surface area contributed by atoms with Crippen molar-refractivity contribution in [3.05, 3.63) is 29.8 Å². The minimum atomic E-state index is -1.56. The van der Waals surface area contributed by atoms with Crippen molar-refractivity contribution in [1.82, 2.24) is 9.80 Å². The summed E-state index contributed by atoms with van der Waals surface area (Å²) >= 11 is 0. The van der Waals surface area contributed by atoms with Crippen molar-refractivity contribution in [1.29, 1.82) is 0 Å². The summed E-state index contributed by atoms with van der Waals surface area (Å²) in [6.45, 7) is 5.86. The number of ether oxygens (including phenoxy) is 1. The van der Waals surface area contributed by atoms with Gasteiger partial charge in [0, 0.05) is 31.5 Å². The summed E-state index contributed by atoms with van der Waals surface area (Å²) in [5.41, 5.74) is -0.766. The normalized spacial score (nSPS) is 25.5. The Morgan fingerprint density at radius 2 is 1.94 bits per heavy atom. The van der Waals surface area contributed by atoms with Crippen LogP contribution < -0.4 is 4.90 Å². The van der Waals surface area contributed by atoms with E-state index in [1.807, 2.05) is 20.8 Å². The molecule has 3 aliphatic rings. The van der Waals surface area contributed by atoms with E-state index in [4.69, 9.17) is 4.74 Å². The quantitative estimate of drug-likeness (QED) is 0.689. The molecule has 0 N–H and O–H groups in total. The number of benzene rings is 1. The monoisotopic (exact) mass is 427 g/mol. The average Bonchev–Trinajstić information content (AvgIpc) is 3.10. The van der Waals surface area contributed by atoms with Crippen LogP contribution in [0.3, 0.4) is 0 Å². The molecule has 0 aromatic heterocycles. The van der Waals surface area contributed by atoms with Gasteiger partial charge in [0.1, 0.15) is 0 Å². The Labute approximate surface area is 182 Å². The minimum absolute atomic E-state index is 0.109. The van der Waals surface area contributed by atoms with Gasteiger partial charge in [0.15, 0.2) is 6.61 Å². The van der Waals surface area contributed by atoms with Crippen LogP contribution in [0.15, 0.2) is 24.3 Å². The molecule has 0 unspecified atom stereocenters. The fourth-order valence-electron chi connectivity index (χ4n) is 5.17. The van der Waals surface area contributed by atoms with Gasteiger partial charge in [-0.3, -0.25) is 19.3 Å². The largest absolute Gasteiger partial charge is 0.452 e. The van der Waals surface area contributed by atoms with Gasteiger partial charge in [-0.15, -0.1) is 0 Å². The number of likely N-dealkylation sites (tertiary alicyclic amines) is 1. The van der Waals surface area contributed by atoms with Crippen molar-refractivity contribution in [3.63, 3.8) is 0 Å². The molecule has 3 heterocycles. The van der Waals surface area contributed by atoms with E-state index >= 15 is 0 Å². The average molecular weight is 428 g/mol. The Morgan fingerprint density at radius 1 is 1.19 bits per heavy atom. The molecule has 0 aliphatic carbocycles. The summed E-state index contributed by atoms with van der Waals surface area (Å²) in [4.78, 5) is 57.0. The Hall–Kier alpha value is -2.90. The molecule has 3 amide bonds. The number of piperidine rings is 1. The van der Waals surface area contributed by atoms with Gasteiger partial charge in [-0.05, 0) is 52.2 Å². The highest BCUT2D eigenvalue weighted by Gasteiger charge is 2.62. The number of fused-ring (bicyclic) bond motifs is 3. The summed E-state index contributed by atoms with van der Waals surface area (Å²) in [6.07, 6.45) is 3.20. The summed E-state index contributed by atoms with van der Waals surface area (Å²) in [7, 11) is 0. The van der Waals surface area contributed by atoms with Crippen LogP contribution >= 0.6 is 0 Å². The van der Waals surface area contributed by atoms with Gasteiger partial charge < -0.3 is 14.5 Å². The highest BCUT2D eigenvalue weighted by Crippen LogP contribution is 2.45. The predicted molar refractivity (Wildman–Crippen MR) is 113 cm³/mol. The van der Waals surface area contributed by atoms with E-state index in [-0.39, 0.29) is 42.6 Å². The van der Waals surface area contributed by atoms with Crippen LogP contribution in [0.5, 0.6) is 0 Å². The van der Waals surface area contributed by atoms with E-state index in [1.54, 1.807) is 29.2 Å². The van der Waals surface area contributed by atoms with Crippen LogP contribution in [0.1, 0.15) is 63.2 Å². The van der Waals surface area contributed by atoms with Crippen LogP contribution in [0.2, 0.25) is 0 Å². The first-order valence-corrected chi connectivity index (χ1v) is 11.0. The number of rotatable bonds is 4. The Balaban J connectivity index is 1.65. The van der Waals surface area contributed by atoms with Crippen LogP contribution in [0, 0.1) is 0 Å². The van der Waals surface area contributed by atoms with Crippen LogP contribution in [0.25, 0.3) is 0 Å². The maximum atomic E-state index is 13.5. The maximum Gasteiger partial charge on any atom is 0.354 e. The van der Waals surface area contributed by atoms with E-state index in [2.05, 4.69) is 0 Å². The lowest BCUT2D eigenvalue weighted by Crippen LogP contribution is -2.70. The summed E-state index contributed by atoms with van der Waals surface area (Å²) in [6, 6.07) is 6.57. The van der Waals surface area contributed by atoms with Crippen LogP contribution in [-0.2, 0) is 19.1 Å². The SMILES string of the molecule is CC(C)N1C(=O)c2ccccc2N2C(=O)CC[C@]21C(=O)OCC(=O)N1CCCC[C@H]1C. The van der Waals surface area contributed by atoms with Crippen molar-refractivity contribution >= 4 is 29.4 Å². The molecule has 2 saturated heterocycles. The zero-order valence-electron chi connectivity index (χ0n) is 18.3. The lowest BCUT2D eigenvalue weighted by atomic mass is 9.95. The van der Waals surface area contributed by atoms with Gasteiger partial charge >= 0.3 is 5.97 Å². The number of para-hydroxylation sites is 1. The second kappa shape index (κ2) is 7.98. The number of esters is 1. The first kappa shape index (κ1) is 21.3. The maximum absolute atomic E-state index is 13.5. The van der Waals surface area contributed by atoms with Crippen LogP contribution in [0.4, 0.5) is 5.69 Å². The van der Waals surface area contributed by atoms with Crippen molar-refractivity contribution in [2.45, 2.75) is 70.6 Å². The third kappa shape index (κ3) is 3.28. The van der Waals surface area contributed by atoms with E-state index < -0.39 is 18.2 Å². The van der Waals surface area contributed by atoms with Gasteiger partial charge in [-0.2, -0.15) is 0 Å². The third-order valence-electron chi connectivity index (χ3n) is 6.59. The number of amides is 3. The van der Waals surface area contributed by atoms with Gasteiger partial charge in [-0.1, -0.05) is 12.1 Å². The Kier molecular flexibility index (Phi) is 5.49. The van der Waals surface area contributed by atoms with Gasteiger partial charge in [-0.25, -0.2) is 4.79 Å². The van der Waals surface area contributed by atoms with Crippen molar-refractivity contribution in [2.75, 3.05) is 18.1 Å². The van der Waals surface area contributed by atoms with E-state index in [0.29, 0.717) is 17.8 Å². The highest BCUT2D eigenvalue weighted by atomic mass is 16.5. The molecule has 2 atom stereocenters. The molecule has 3 aliphatic heterocycles. The number of carbonyl (C=O) groups is 4. The van der Waals surface area contributed by atoms with Crippen molar-refractivity contribution in [2.24, 2.45) is 0 Å². The third-order valence-corrected chi connectivity index (χ3v) is 6.59. The molecule has 4 rings (SSSR count). The zero-order valence-corrected chi connectivity index (χ0v) is 18.3. The van der Waals surface area contributed by atoms with E-state index in [0.717, 1.165) is 19.3 Å². The second-order valence-corrected chi connectivity index (χ2v) is 8.84. The molecule has 0 radical (unpaired) electrons. The lowest BCUT2D eigenvalue weighted by molar-refractivity contribution is -0.163. The van der Waals surface area contributed by atoms with E-state index in [1.165, 1.54) is 9.80 Å². The van der Waals surface area contributed by atoms with Crippen molar-refractivity contribution < 1.29 is 23.9 Å². The molecule has 8 heteroatoms. The number of carbonyl (C=O) groups excluding carboxylic acids is 4. The summed E-state index contributed by atoms with van der Waals surface area (Å²) < 4.78 is 5.52. The van der Waals surface area contributed by atoms with Gasteiger partial charge in [0.25, 0.3) is 11.8 Å². The fraction of sp³-hybridized carbons (Fsp3) is 0.565. The summed E-state index contributed by atoms with van der Waals surface area (Å²) in [5.74, 6) is -1.53. The molecule has 166 valence electrons. The molecule has 0 saturated carbocycles. The zero-order chi connectivity index (χ0) is 22.3. The highest BCUT2D eigenvalue weighted by molar-refractivity contribution is 6.15. The molecular formula is C23H29N3O5. The fourth-order valence-corrected chi connectivity index (χ4v) is 5.17. The number of nitrogens with zero attached hydrogens (tertiary/aromatic N) is 3.